The zero-order chi connectivity index (χ0) is 20.0. The number of fused-ring (bicyclic) bond motifs is 2. The summed E-state index contributed by atoms with van der Waals surface area (Å²) >= 11 is 0. The van der Waals surface area contributed by atoms with Gasteiger partial charge in [0.2, 0.25) is 17.6 Å². The summed E-state index contributed by atoms with van der Waals surface area (Å²) in [5, 5.41) is 11.5. The molecule has 7 heteroatoms. The van der Waals surface area contributed by atoms with Crippen molar-refractivity contribution in [2.45, 2.75) is 38.6 Å². The molecule has 2 aliphatic carbocycles. The summed E-state index contributed by atoms with van der Waals surface area (Å²) < 4.78 is 7.43. The third kappa shape index (κ3) is 3.34. The van der Waals surface area contributed by atoms with Gasteiger partial charge in [-0.25, -0.2) is 0 Å². The molecule has 0 unspecified atom stereocenters. The lowest BCUT2D eigenvalue weighted by molar-refractivity contribution is -0.127. The molecule has 2 aromatic heterocycles. The van der Waals surface area contributed by atoms with Gasteiger partial charge in [0, 0.05) is 30.9 Å². The Bertz CT molecular complexity index is 1040. The van der Waals surface area contributed by atoms with E-state index in [1.165, 1.54) is 0 Å². The van der Waals surface area contributed by atoms with E-state index < -0.39 is 0 Å². The SMILES string of the molecule is Cc1cccc(-c2noc([C@H]3[C@@H]4CC[C@@H](C4)[C@@H]3C(=O)NCc3cnn(C)c3)n2)c1. The number of benzene rings is 1. The summed E-state index contributed by atoms with van der Waals surface area (Å²) in [5.41, 5.74) is 3.10. The average molecular weight is 391 g/mol. The summed E-state index contributed by atoms with van der Waals surface area (Å²) in [6.07, 6.45) is 7.00. The Labute approximate surface area is 169 Å². The minimum Gasteiger partial charge on any atom is -0.352 e. The molecular weight excluding hydrogens is 366 g/mol. The Hall–Kier alpha value is -2.96. The van der Waals surface area contributed by atoms with Crippen molar-refractivity contribution in [2.24, 2.45) is 24.8 Å². The quantitative estimate of drug-likeness (QED) is 0.722. The Kier molecular flexibility index (Phi) is 4.45. The van der Waals surface area contributed by atoms with Gasteiger partial charge in [0.25, 0.3) is 0 Å². The van der Waals surface area contributed by atoms with E-state index >= 15 is 0 Å². The minimum atomic E-state index is -0.101. The van der Waals surface area contributed by atoms with Gasteiger partial charge in [0.05, 0.1) is 18.0 Å². The summed E-state index contributed by atoms with van der Waals surface area (Å²) in [6, 6.07) is 8.07. The fourth-order valence-corrected chi connectivity index (χ4v) is 5.17. The van der Waals surface area contributed by atoms with E-state index in [0.717, 1.165) is 36.0 Å². The maximum Gasteiger partial charge on any atom is 0.231 e. The second kappa shape index (κ2) is 7.13. The van der Waals surface area contributed by atoms with Crippen molar-refractivity contribution in [2.75, 3.05) is 0 Å². The van der Waals surface area contributed by atoms with Crippen LogP contribution in [-0.4, -0.2) is 25.8 Å². The molecule has 2 saturated carbocycles. The molecule has 7 nitrogen and oxygen atoms in total. The number of hydrogen-bond donors (Lipinski definition) is 1. The number of carbonyl (C=O) groups is 1. The van der Waals surface area contributed by atoms with E-state index in [0.29, 0.717) is 30.1 Å². The molecule has 5 rings (SSSR count). The lowest BCUT2D eigenvalue weighted by Gasteiger charge is -2.27. The van der Waals surface area contributed by atoms with E-state index in [-0.39, 0.29) is 17.7 Å². The van der Waals surface area contributed by atoms with Gasteiger partial charge in [-0.2, -0.15) is 10.1 Å². The molecule has 2 aliphatic rings. The van der Waals surface area contributed by atoms with Crippen molar-refractivity contribution in [1.29, 1.82) is 0 Å². The first-order valence-corrected chi connectivity index (χ1v) is 10.2. The molecule has 0 saturated heterocycles. The monoisotopic (exact) mass is 391 g/mol. The minimum absolute atomic E-state index is 0.00806. The van der Waals surface area contributed by atoms with E-state index in [2.05, 4.69) is 15.6 Å². The molecule has 1 amide bonds. The van der Waals surface area contributed by atoms with Gasteiger partial charge in [0.1, 0.15) is 0 Å². The third-order valence-corrected chi connectivity index (χ3v) is 6.45. The molecule has 0 radical (unpaired) electrons. The number of nitrogens with one attached hydrogen (secondary N) is 1. The number of aromatic nitrogens is 4. The molecule has 2 heterocycles. The van der Waals surface area contributed by atoms with Gasteiger partial charge in [0.15, 0.2) is 0 Å². The van der Waals surface area contributed by atoms with Crippen LogP contribution in [0.5, 0.6) is 0 Å². The highest BCUT2D eigenvalue weighted by molar-refractivity contribution is 5.80. The Morgan fingerprint density at radius 2 is 2.17 bits per heavy atom. The maximum absolute atomic E-state index is 13.1. The van der Waals surface area contributed by atoms with Crippen molar-refractivity contribution in [3.8, 4) is 11.4 Å². The molecule has 1 aromatic carbocycles. The average Bonchev–Trinajstić information content (AvgIpc) is 3.49. The summed E-state index contributed by atoms with van der Waals surface area (Å²) in [6.45, 7) is 2.54. The van der Waals surface area contributed by atoms with Crippen LogP contribution in [0.25, 0.3) is 11.4 Å². The van der Waals surface area contributed by atoms with Crippen LogP contribution in [-0.2, 0) is 18.4 Å². The largest absolute Gasteiger partial charge is 0.352 e. The van der Waals surface area contributed by atoms with Gasteiger partial charge >= 0.3 is 0 Å². The van der Waals surface area contributed by atoms with Gasteiger partial charge in [-0.3, -0.25) is 9.48 Å². The molecule has 150 valence electrons. The van der Waals surface area contributed by atoms with Crippen LogP contribution in [0.2, 0.25) is 0 Å². The topological polar surface area (TPSA) is 85.8 Å². The first kappa shape index (κ1) is 18.1. The molecule has 3 aromatic rings. The molecule has 4 atom stereocenters. The third-order valence-electron chi connectivity index (χ3n) is 6.45. The fourth-order valence-electron chi connectivity index (χ4n) is 5.17. The van der Waals surface area contributed by atoms with Crippen molar-refractivity contribution in [3.63, 3.8) is 0 Å². The van der Waals surface area contributed by atoms with Gasteiger partial charge < -0.3 is 9.84 Å². The molecule has 2 fully saturated rings. The molecule has 1 N–H and O–H groups in total. The zero-order valence-corrected chi connectivity index (χ0v) is 16.7. The highest BCUT2D eigenvalue weighted by Gasteiger charge is 2.53. The van der Waals surface area contributed by atoms with Crippen molar-refractivity contribution in [1.82, 2.24) is 25.2 Å². The van der Waals surface area contributed by atoms with Crippen LogP contribution in [0.15, 0.2) is 41.2 Å². The highest BCUT2D eigenvalue weighted by Crippen LogP contribution is 2.56. The van der Waals surface area contributed by atoms with Gasteiger partial charge in [-0.15, -0.1) is 0 Å². The maximum atomic E-state index is 13.1. The number of rotatable bonds is 5. The molecular formula is C22H25N5O2. The zero-order valence-electron chi connectivity index (χ0n) is 16.7. The second-order valence-electron chi connectivity index (χ2n) is 8.45. The number of hydrogen-bond acceptors (Lipinski definition) is 5. The lowest BCUT2D eigenvalue weighted by atomic mass is 9.78. The molecule has 29 heavy (non-hydrogen) atoms. The highest BCUT2D eigenvalue weighted by atomic mass is 16.5. The molecule has 2 bridgehead atoms. The van der Waals surface area contributed by atoms with Crippen LogP contribution in [0.1, 0.15) is 42.2 Å². The van der Waals surface area contributed by atoms with Crippen molar-refractivity contribution >= 4 is 5.91 Å². The molecule has 0 aliphatic heterocycles. The Balaban J connectivity index is 1.36. The Morgan fingerprint density at radius 3 is 2.97 bits per heavy atom. The number of carbonyl (C=O) groups excluding carboxylic acids is 1. The van der Waals surface area contributed by atoms with Crippen LogP contribution in [0, 0.1) is 24.7 Å². The van der Waals surface area contributed by atoms with Crippen LogP contribution in [0.4, 0.5) is 0 Å². The summed E-state index contributed by atoms with van der Waals surface area (Å²) in [4.78, 5) is 17.8. The lowest BCUT2D eigenvalue weighted by Crippen LogP contribution is -2.37. The standard InChI is InChI=1S/C22H25N5O2/c1-13-4-3-5-17(8-13)20-25-22(29-26-20)19-16-7-6-15(9-16)18(19)21(28)23-10-14-11-24-27(2)12-14/h3-5,8,11-12,15-16,18-19H,6-7,9-10H2,1-2H3,(H,23,28)/t15-,16+,18-,19-/m0/s1. The normalized spacial score (nSPS) is 25.4. The summed E-state index contributed by atoms with van der Waals surface area (Å²) in [7, 11) is 1.87. The van der Waals surface area contributed by atoms with Crippen molar-refractivity contribution < 1.29 is 9.32 Å². The van der Waals surface area contributed by atoms with Crippen LogP contribution in [0.3, 0.4) is 0 Å². The number of aryl methyl sites for hydroxylation is 2. The number of nitrogens with zero attached hydrogens (tertiary/aromatic N) is 4. The fraction of sp³-hybridized carbons (Fsp3) is 0.455. The first-order valence-electron chi connectivity index (χ1n) is 10.2. The predicted octanol–water partition coefficient (Wildman–Crippen LogP) is 3.22. The predicted molar refractivity (Wildman–Crippen MR) is 107 cm³/mol. The van der Waals surface area contributed by atoms with Gasteiger partial charge in [-0.1, -0.05) is 28.9 Å². The molecule has 0 spiro atoms. The van der Waals surface area contributed by atoms with E-state index in [1.807, 2.05) is 44.4 Å². The van der Waals surface area contributed by atoms with Gasteiger partial charge in [-0.05, 0) is 44.1 Å². The van der Waals surface area contributed by atoms with Crippen LogP contribution < -0.4 is 5.32 Å². The second-order valence-corrected chi connectivity index (χ2v) is 8.45. The Morgan fingerprint density at radius 1 is 1.31 bits per heavy atom. The van der Waals surface area contributed by atoms with E-state index in [1.54, 1.807) is 10.9 Å². The smallest absolute Gasteiger partial charge is 0.231 e. The van der Waals surface area contributed by atoms with Crippen molar-refractivity contribution in [3.05, 3.63) is 53.7 Å². The van der Waals surface area contributed by atoms with Crippen LogP contribution >= 0.6 is 0 Å². The summed E-state index contributed by atoms with van der Waals surface area (Å²) in [5.74, 6) is 2.04. The van der Waals surface area contributed by atoms with E-state index in [4.69, 9.17) is 9.51 Å². The number of amides is 1. The first-order chi connectivity index (χ1) is 14.1. The van der Waals surface area contributed by atoms with E-state index in [9.17, 15) is 4.79 Å².